The molecule has 0 unspecified atom stereocenters. The lowest BCUT2D eigenvalue weighted by atomic mass is 10.1. The molecule has 0 aliphatic heterocycles. The number of carboxylic acid groups (broad SMARTS) is 1. The number of carboxylic acids is 1. The molecule has 3 heterocycles. The summed E-state index contributed by atoms with van der Waals surface area (Å²) in [6, 6.07) is 18.3. The van der Waals surface area contributed by atoms with Crippen LogP contribution in [0, 0.1) is 0 Å². The highest BCUT2D eigenvalue weighted by Crippen LogP contribution is 2.32. The number of aromatic nitrogens is 4. The topological polar surface area (TPSA) is 107 Å². The number of aromatic carboxylic acids is 1. The number of hydrogen-bond acceptors (Lipinski definition) is 6. The molecule has 0 bridgehead atoms. The van der Waals surface area contributed by atoms with Crippen molar-refractivity contribution in [2.75, 3.05) is 0 Å². The van der Waals surface area contributed by atoms with Crippen molar-refractivity contribution in [3.8, 4) is 28.5 Å². The normalized spacial score (nSPS) is 11.1. The van der Waals surface area contributed by atoms with E-state index in [1.807, 2.05) is 36.4 Å². The number of carbonyl (C=O) groups is 1. The first-order valence-electron chi connectivity index (χ1n) is 8.40. The Morgan fingerprint density at radius 2 is 1.89 bits per heavy atom. The molecule has 8 heteroatoms. The predicted octanol–water partition coefficient (Wildman–Crippen LogP) is 4.03. The fourth-order valence-electron chi connectivity index (χ4n) is 3.10. The van der Waals surface area contributed by atoms with Crippen molar-refractivity contribution in [3.05, 3.63) is 72.6 Å². The van der Waals surface area contributed by atoms with Gasteiger partial charge in [0.2, 0.25) is 5.69 Å². The molecule has 8 nitrogen and oxygen atoms in total. The van der Waals surface area contributed by atoms with Gasteiger partial charge in [0.05, 0.1) is 17.3 Å². The van der Waals surface area contributed by atoms with Crippen LogP contribution in [0.1, 0.15) is 10.5 Å². The Morgan fingerprint density at radius 3 is 2.64 bits per heavy atom. The van der Waals surface area contributed by atoms with Crippen molar-refractivity contribution in [1.82, 2.24) is 20.2 Å². The van der Waals surface area contributed by atoms with E-state index in [1.165, 1.54) is 10.9 Å². The minimum Gasteiger partial charge on any atom is -0.476 e. The molecule has 5 rings (SSSR count). The SMILES string of the molecule is O=C(O)c1nnn(-c2ccc3noc(-c4ccccc4)c3c2)c1-c1ccco1. The van der Waals surface area contributed by atoms with Crippen LogP contribution in [-0.2, 0) is 0 Å². The number of hydrogen-bond donors (Lipinski definition) is 1. The van der Waals surface area contributed by atoms with E-state index in [0.29, 0.717) is 22.7 Å². The molecule has 136 valence electrons. The highest BCUT2D eigenvalue weighted by molar-refractivity contribution is 5.94. The van der Waals surface area contributed by atoms with Crippen molar-refractivity contribution in [3.63, 3.8) is 0 Å². The number of benzene rings is 2. The van der Waals surface area contributed by atoms with Crippen LogP contribution in [0.25, 0.3) is 39.4 Å². The zero-order valence-electron chi connectivity index (χ0n) is 14.3. The Labute approximate surface area is 157 Å². The fourth-order valence-corrected chi connectivity index (χ4v) is 3.10. The van der Waals surface area contributed by atoms with Crippen LogP contribution >= 0.6 is 0 Å². The van der Waals surface area contributed by atoms with Gasteiger partial charge < -0.3 is 14.0 Å². The summed E-state index contributed by atoms with van der Waals surface area (Å²) < 4.78 is 12.4. The second-order valence-corrected chi connectivity index (χ2v) is 6.06. The largest absolute Gasteiger partial charge is 0.476 e. The molecule has 0 radical (unpaired) electrons. The molecular weight excluding hydrogens is 360 g/mol. The van der Waals surface area contributed by atoms with Gasteiger partial charge in [0, 0.05) is 5.56 Å². The lowest BCUT2D eigenvalue weighted by Crippen LogP contribution is -2.02. The number of rotatable bonds is 4. The third-order valence-electron chi connectivity index (χ3n) is 4.37. The Balaban J connectivity index is 1.72. The summed E-state index contributed by atoms with van der Waals surface area (Å²) in [6.45, 7) is 0. The molecule has 0 spiro atoms. The standard InChI is InChI=1S/C20H12N4O4/c25-20(26)17-18(16-7-4-10-27-16)24(23-21-17)13-8-9-15-14(11-13)19(28-22-15)12-5-2-1-3-6-12/h1-11H,(H,25,26). The fraction of sp³-hybridized carbons (Fsp3) is 0. The number of nitrogens with zero attached hydrogens (tertiary/aromatic N) is 4. The van der Waals surface area contributed by atoms with E-state index in [1.54, 1.807) is 24.3 Å². The van der Waals surface area contributed by atoms with E-state index >= 15 is 0 Å². The molecule has 0 saturated carbocycles. The smallest absolute Gasteiger partial charge is 0.358 e. The maximum absolute atomic E-state index is 11.6. The third kappa shape index (κ3) is 2.47. The summed E-state index contributed by atoms with van der Waals surface area (Å²) in [5.41, 5.74) is 2.25. The maximum atomic E-state index is 11.6. The van der Waals surface area contributed by atoms with Crippen molar-refractivity contribution in [1.29, 1.82) is 0 Å². The molecule has 28 heavy (non-hydrogen) atoms. The molecule has 2 aromatic carbocycles. The average molecular weight is 372 g/mol. The predicted molar refractivity (Wildman–Crippen MR) is 99.0 cm³/mol. The number of furan rings is 1. The summed E-state index contributed by atoms with van der Waals surface area (Å²) in [4.78, 5) is 11.6. The second kappa shape index (κ2) is 6.20. The van der Waals surface area contributed by atoms with Crippen LogP contribution in [0.5, 0.6) is 0 Å². The molecule has 0 saturated heterocycles. The Morgan fingerprint density at radius 1 is 1.04 bits per heavy atom. The van der Waals surface area contributed by atoms with Gasteiger partial charge in [0.1, 0.15) is 11.2 Å². The molecule has 0 fully saturated rings. The summed E-state index contributed by atoms with van der Waals surface area (Å²) in [5.74, 6) is -0.208. The van der Waals surface area contributed by atoms with Crippen molar-refractivity contribution < 1.29 is 18.8 Å². The highest BCUT2D eigenvalue weighted by Gasteiger charge is 2.24. The second-order valence-electron chi connectivity index (χ2n) is 6.06. The lowest BCUT2D eigenvalue weighted by molar-refractivity contribution is 0.0691. The molecule has 1 N–H and O–H groups in total. The van der Waals surface area contributed by atoms with Crippen LogP contribution in [0.2, 0.25) is 0 Å². The van der Waals surface area contributed by atoms with Gasteiger partial charge in [-0.25, -0.2) is 9.48 Å². The van der Waals surface area contributed by atoms with E-state index in [9.17, 15) is 9.90 Å². The Bertz CT molecular complexity index is 1290. The molecule has 0 atom stereocenters. The van der Waals surface area contributed by atoms with Crippen LogP contribution in [0.3, 0.4) is 0 Å². The van der Waals surface area contributed by atoms with Gasteiger partial charge in [-0.2, -0.15) is 0 Å². The first-order valence-corrected chi connectivity index (χ1v) is 8.40. The number of fused-ring (bicyclic) bond motifs is 1. The molecule has 3 aromatic heterocycles. The van der Waals surface area contributed by atoms with Crippen LogP contribution in [0.15, 0.2) is 75.9 Å². The zero-order valence-corrected chi connectivity index (χ0v) is 14.3. The van der Waals surface area contributed by atoms with Gasteiger partial charge in [0.15, 0.2) is 11.5 Å². The van der Waals surface area contributed by atoms with Gasteiger partial charge >= 0.3 is 5.97 Å². The van der Waals surface area contributed by atoms with Gasteiger partial charge in [-0.1, -0.05) is 40.7 Å². The maximum Gasteiger partial charge on any atom is 0.358 e. The summed E-state index contributed by atoms with van der Waals surface area (Å²) in [5, 5.41) is 22.2. The van der Waals surface area contributed by atoms with Crippen LogP contribution < -0.4 is 0 Å². The lowest BCUT2D eigenvalue weighted by Gasteiger charge is -2.05. The Kier molecular flexibility index (Phi) is 3.55. The van der Waals surface area contributed by atoms with Gasteiger partial charge in [0.25, 0.3) is 0 Å². The summed E-state index contributed by atoms with van der Waals surface area (Å²) in [7, 11) is 0. The summed E-state index contributed by atoms with van der Waals surface area (Å²) in [6.07, 6.45) is 1.47. The highest BCUT2D eigenvalue weighted by atomic mass is 16.5. The molecule has 0 aliphatic carbocycles. The van der Waals surface area contributed by atoms with E-state index in [4.69, 9.17) is 8.94 Å². The minimum absolute atomic E-state index is 0.191. The monoisotopic (exact) mass is 372 g/mol. The van der Waals surface area contributed by atoms with Crippen LogP contribution in [0.4, 0.5) is 0 Å². The minimum atomic E-state index is -1.19. The van der Waals surface area contributed by atoms with E-state index in [0.717, 1.165) is 10.9 Å². The molecule has 5 aromatic rings. The molecular formula is C20H12N4O4. The van der Waals surface area contributed by atoms with E-state index < -0.39 is 5.97 Å². The Hall–Kier alpha value is -4.20. The van der Waals surface area contributed by atoms with Crippen molar-refractivity contribution >= 4 is 16.9 Å². The van der Waals surface area contributed by atoms with Crippen LogP contribution in [-0.4, -0.2) is 31.2 Å². The zero-order chi connectivity index (χ0) is 19.1. The first-order chi connectivity index (χ1) is 13.7. The van der Waals surface area contributed by atoms with E-state index in [2.05, 4.69) is 15.5 Å². The third-order valence-corrected chi connectivity index (χ3v) is 4.37. The van der Waals surface area contributed by atoms with Gasteiger partial charge in [-0.05, 0) is 30.3 Å². The van der Waals surface area contributed by atoms with Gasteiger partial charge in [-0.15, -0.1) is 5.10 Å². The van der Waals surface area contributed by atoms with Crippen molar-refractivity contribution in [2.24, 2.45) is 0 Å². The first kappa shape index (κ1) is 16.0. The van der Waals surface area contributed by atoms with E-state index in [-0.39, 0.29) is 11.4 Å². The quantitative estimate of drug-likeness (QED) is 0.507. The molecule has 0 amide bonds. The average Bonchev–Trinajstić information content (AvgIpc) is 3.46. The molecule has 0 aliphatic rings. The summed E-state index contributed by atoms with van der Waals surface area (Å²) >= 11 is 0. The van der Waals surface area contributed by atoms with Crippen molar-refractivity contribution in [2.45, 2.75) is 0 Å². The van der Waals surface area contributed by atoms with Gasteiger partial charge in [-0.3, -0.25) is 0 Å².